The van der Waals surface area contributed by atoms with Gasteiger partial charge < -0.3 is 10.1 Å². The van der Waals surface area contributed by atoms with Crippen molar-refractivity contribution in [3.63, 3.8) is 0 Å². The number of ether oxygens (including phenoxy) is 1. The first-order valence-electron chi connectivity index (χ1n) is 6.40. The maximum atomic E-state index is 13.8. The molecule has 1 aliphatic carbocycles. The summed E-state index contributed by atoms with van der Waals surface area (Å²) in [6.45, 7) is 0. The number of rotatable bonds is 3. The van der Waals surface area contributed by atoms with Crippen molar-refractivity contribution in [1.29, 1.82) is 0 Å². The molecule has 1 aromatic rings. The Morgan fingerprint density at radius 2 is 2.16 bits per heavy atom. The van der Waals surface area contributed by atoms with Crippen LogP contribution in [0.15, 0.2) is 18.2 Å². The van der Waals surface area contributed by atoms with Crippen molar-refractivity contribution in [1.82, 2.24) is 5.32 Å². The van der Waals surface area contributed by atoms with Crippen LogP contribution in [0.4, 0.5) is 4.39 Å². The molecule has 1 amide bonds. The van der Waals surface area contributed by atoms with E-state index in [0.29, 0.717) is 5.75 Å². The molecular weight excluding hydrogens is 269 g/mol. The predicted molar refractivity (Wildman–Crippen MR) is 72.3 cm³/mol. The molecule has 1 N–H and O–H groups in total. The first-order valence-corrected chi connectivity index (χ1v) is 6.84. The number of benzene rings is 1. The van der Waals surface area contributed by atoms with Crippen molar-refractivity contribution in [3.8, 4) is 5.75 Å². The van der Waals surface area contributed by atoms with Gasteiger partial charge >= 0.3 is 0 Å². The van der Waals surface area contributed by atoms with E-state index in [-0.39, 0.29) is 17.0 Å². The van der Waals surface area contributed by atoms with Crippen LogP contribution in [-0.2, 0) is 0 Å². The van der Waals surface area contributed by atoms with Gasteiger partial charge in [-0.2, -0.15) is 0 Å². The van der Waals surface area contributed by atoms with E-state index in [1.54, 1.807) is 6.07 Å². The molecule has 1 saturated carbocycles. The highest BCUT2D eigenvalue weighted by molar-refractivity contribution is 6.21. The minimum absolute atomic E-state index is 0.0234. The van der Waals surface area contributed by atoms with Crippen LogP contribution in [0.1, 0.15) is 36.0 Å². The molecule has 104 valence electrons. The molecule has 1 aromatic carbocycles. The van der Waals surface area contributed by atoms with Crippen molar-refractivity contribution in [2.24, 2.45) is 0 Å². The molecular formula is C14H17ClFNO2. The van der Waals surface area contributed by atoms with E-state index in [4.69, 9.17) is 16.3 Å². The molecule has 1 aliphatic rings. The largest absolute Gasteiger partial charge is 0.497 e. The van der Waals surface area contributed by atoms with Crippen LogP contribution in [0.3, 0.4) is 0 Å². The highest BCUT2D eigenvalue weighted by Gasteiger charge is 2.25. The molecule has 19 heavy (non-hydrogen) atoms. The van der Waals surface area contributed by atoms with Gasteiger partial charge in [-0.25, -0.2) is 4.39 Å². The average molecular weight is 286 g/mol. The van der Waals surface area contributed by atoms with E-state index in [1.165, 1.54) is 19.2 Å². The van der Waals surface area contributed by atoms with E-state index in [2.05, 4.69) is 5.32 Å². The van der Waals surface area contributed by atoms with E-state index < -0.39 is 11.7 Å². The second kappa shape index (κ2) is 6.24. The summed E-state index contributed by atoms with van der Waals surface area (Å²) in [5.41, 5.74) is 0.0234. The van der Waals surface area contributed by atoms with Gasteiger partial charge in [-0.3, -0.25) is 4.79 Å². The van der Waals surface area contributed by atoms with Gasteiger partial charge in [-0.1, -0.05) is 12.8 Å². The van der Waals surface area contributed by atoms with Gasteiger partial charge in [0.25, 0.3) is 5.91 Å². The molecule has 0 bridgehead atoms. The van der Waals surface area contributed by atoms with Crippen LogP contribution in [0, 0.1) is 5.82 Å². The fraction of sp³-hybridized carbons (Fsp3) is 0.500. The summed E-state index contributed by atoms with van der Waals surface area (Å²) in [6.07, 6.45) is 3.85. The summed E-state index contributed by atoms with van der Waals surface area (Å²) in [7, 11) is 1.45. The normalized spacial score (nSPS) is 22.9. The van der Waals surface area contributed by atoms with Crippen molar-refractivity contribution in [2.75, 3.05) is 7.11 Å². The van der Waals surface area contributed by atoms with Gasteiger partial charge in [0.1, 0.15) is 11.6 Å². The molecule has 0 heterocycles. The van der Waals surface area contributed by atoms with Crippen LogP contribution >= 0.6 is 11.6 Å². The van der Waals surface area contributed by atoms with Crippen molar-refractivity contribution < 1.29 is 13.9 Å². The monoisotopic (exact) mass is 285 g/mol. The zero-order valence-electron chi connectivity index (χ0n) is 10.8. The molecule has 0 aliphatic heterocycles. The molecule has 2 atom stereocenters. The Morgan fingerprint density at radius 1 is 1.42 bits per heavy atom. The summed E-state index contributed by atoms with van der Waals surface area (Å²) in [4.78, 5) is 12.0. The van der Waals surface area contributed by atoms with Crippen LogP contribution in [0.5, 0.6) is 5.75 Å². The van der Waals surface area contributed by atoms with Gasteiger partial charge in [0, 0.05) is 12.1 Å². The summed E-state index contributed by atoms with van der Waals surface area (Å²) >= 11 is 6.17. The third-order valence-corrected chi connectivity index (χ3v) is 3.94. The van der Waals surface area contributed by atoms with Crippen molar-refractivity contribution >= 4 is 17.5 Å². The summed E-state index contributed by atoms with van der Waals surface area (Å²) in [5.74, 6) is -0.613. The first kappa shape index (κ1) is 14.1. The Kier molecular flexibility index (Phi) is 4.64. The molecule has 5 heteroatoms. The Morgan fingerprint density at radius 3 is 2.79 bits per heavy atom. The molecule has 2 rings (SSSR count). The number of hydrogen-bond acceptors (Lipinski definition) is 2. The second-order valence-electron chi connectivity index (χ2n) is 4.73. The van der Waals surface area contributed by atoms with Gasteiger partial charge in [-0.15, -0.1) is 11.6 Å². The quantitative estimate of drug-likeness (QED) is 0.867. The smallest absolute Gasteiger partial charge is 0.254 e. The molecule has 3 nitrogen and oxygen atoms in total. The van der Waals surface area contributed by atoms with Crippen LogP contribution < -0.4 is 10.1 Å². The maximum Gasteiger partial charge on any atom is 0.254 e. The van der Waals surface area contributed by atoms with Crippen LogP contribution in [0.2, 0.25) is 0 Å². The zero-order valence-corrected chi connectivity index (χ0v) is 11.5. The lowest BCUT2D eigenvalue weighted by Gasteiger charge is -2.27. The van der Waals surface area contributed by atoms with Crippen molar-refractivity contribution in [2.45, 2.75) is 37.1 Å². The van der Waals surface area contributed by atoms with Gasteiger partial charge in [-0.05, 0) is 25.0 Å². The minimum atomic E-state index is -0.584. The summed E-state index contributed by atoms with van der Waals surface area (Å²) in [5, 5.41) is 2.74. The highest BCUT2D eigenvalue weighted by Crippen LogP contribution is 2.24. The lowest BCUT2D eigenvalue weighted by molar-refractivity contribution is 0.0924. The van der Waals surface area contributed by atoms with Gasteiger partial charge in [0.05, 0.1) is 18.1 Å². The fourth-order valence-electron chi connectivity index (χ4n) is 2.30. The number of halogens is 2. The van der Waals surface area contributed by atoms with Crippen LogP contribution in [0.25, 0.3) is 0 Å². The number of carbonyl (C=O) groups excluding carboxylic acids is 1. The number of methoxy groups -OCH3 is 1. The minimum Gasteiger partial charge on any atom is -0.497 e. The fourth-order valence-corrected chi connectivity index (χ4v) is 2.64. The lowest BCUT2D eigenvalue weighted by Crippen LogP contribution is -2.43. The molecule has 1 fully saturated rings. The molecule has 0 spiro atoms. The Hall–Kier alpha value is -1.29. The van der Waals surface area contributed by atoms with E-state index in [9.17, 15) is 9.18 Å². The second-order valence-corrected chi connectivity index (χ2v) is 5.29. The Bertz CT molecular complexity index is 467. The molecule has 2 unspecified atom stereocenters. The number of amides is 1. The number of carbonyl (C=O) groups is 1. The number of nitrogens with one attached hydrogen (secondary N) is 1. The predicted octanol–water partition coefficient (Wildman–Crippen LogP) is 3.11. The topological polar surface area (TPSA) is 38.3 Å². The van der Waals surface area contributed by atoms with Gasteiger partial charge in [0.15, 0.2) is 0 Å². The third kappa shape index (κ3) is 3.38. The van der Waals surface area contributed by atoms with Crippen molar-refractivity contribution in [3.05, 3.63) is 29.6 Å². The van der Waals surface area contributed by atoms with Crippen LogP contribution in [-0.4, -0.2) is 24.4 Å². The SMILES string of the molecule is COc1ccc(C(=O)NC2CCCCC2Cl)c(F)c1. The van der Waals surface area contributed by atoms with E-state index >= 15 is 0 Å². The van der Waals surface area contributed by atoms with E-state index in [1.807, 2.05) is 0 Å². The van der Waals surface area contributed by atoms with Gasteiger partial charge in [0.2, 0.25) is 0 Å². The Labute approximate surface area is 117 Å². The Balaban J connectivity index is 2.07. The summed E-state index contributed by atoms with van der Waals surface area (Å²) < 4.78 is 18.7. The average Bonchev–Trinajstić information content (AvgIpc) is 2.41. The molecule has 0 saturated heterocycles. The summed E-state index contributed by atoms with van der Waals surface area (Å²) in [6, 6.07) is 4.12. The lowest BCUT2D eigenvalue weighted by atomic mass is 9.94. The maximum absolute atomic E-state index is 13.8. The van der Waals surface area contributed by atoms with E-state index in [0.717, 1.165) is 25.7 Å². The number of alkyl halides is 1. The molecule has 0 aromatic heterocycles. The number of hydrogen-bond donors (Lipinski definition) is 1. The standard InChI is InChI=1S/C14H17ClFNO2/c1-19-9-6-7-10(12(16)8-9)14(18)17-13-5-3-2-4-11(13)15/h6-8,11,13H,2-5H2,1H3,(H,17,18). The highest BCUT2D eigenvalue weighted by atomic mass is 35.5. The first-order chi connectivity index (χ1) is 9.11. The third-order valence-electron chi connectivity index (χ3n) is 3.42. The molecule has 0 radical (unpaired) electrons. The zero-order chi connectivity index (χ0) is 13.8.